The number of aliphatic hydroxyl groups is 2. The number of ether oxygens (including phenoxy) is 10. The van der Waals surface area contributed by atoms with Gasteiger partial charge in [-0.1, -0.05) is 118 Å². The number of carbonyl (C=O) groups excluding carboxylic acids is 7. The van der Waals surface area contributed by atoms with E-state index in [1.807, 2.05) is 129 Å². The number of nitrogens with zero attached hydrogens (tertiary/aromatic N) is 10. The number of aliphatic hydroxyl groups excluding tert-OH is 1. The van der Waals surface area contributed by atoms with Gasteiger partial charge in [-0.25, -0.2) is 24.1 Å². The summed E-state index contributed by atoms with van der Waals surface area (Å²) in [6, 6.07) is 13.8. The van der Waals surface area contributed by atoms with Gasteiger partial charge in [-0.3, -0.25) is 28.8 Å². The fourth-order valence-corrected chi connectivity index (χ4v) is 17.8. The monoisotopic (exact) mass is 1840 g/mol. The number of aryl methyl sites for hydroxylation is 2. The van der Waals surface area contributed by atoms with Crippen LogP contribution >= 0.6 is 0 Å². The summed E-state index contributed by atoms with van der Waals surface area (Å²) in [6.45, 7) is 17.7. The van der Waals surface area contributed by atoms with Gasteiger partial charge < -0.3 is 88.5 Å². The predicted molar refractivity (Wildman–Crippen MR) is 496 cm³/mol. The quantitative estimate of drug-likeness (QED) is 0.00780. The highest BCUT2D eigenvalue weighted by Crippen LogP contribution is 2.41. The van der Waals surface area contributed by atoms with Gasteiger partial charge in [-0.05, 0) is 163 Å². The maximum Gasteiger partial charge on any atom is 0.329 e. The van der Waals surface area contributed by atoms with Crippen LogP contribution in [0, 0.1) is 35.5 Å². The maximum absolute atomic E-state index is 15.3. The Morgan fingerprint density at radius 1 is 0.742 bits per heavy atom. The average molecular weight is 1840 g/mol. The van der Waals surface area contributed by atoms with Crippen molar-refractivity contribution in [1.29, 1.82) is 0 Å². The number of hydrogen-bond donors (Lipinski definition) is 5. The largest absolute Gasteiger partial charge is 0.460 e. The number of ketones is 4. The lowest BCUT2D eigenvalue weighted by atomic mass is 9.77. The van der Waals surface area contributed by atoms with Gasteiger partial charge in [-0.2, -0.15) is 10.1 Å². The van der Waals surface area contributed by atoms with Crippen molar-refractivity contribution in [1.82, 2.24) is 49.9 Å². The number of methoxy groups -OCH3 is 3. The fraction of sp³-hybridized carbons (Fsp3) is 0.633. The fourth-order valence-electron chi connectivity index (χ4n) is 17.8. The van der Waals surface area contributed by atoms with E-state index in [0.717, 1.165) is 48.1 Å². The number of fused-ring (bicyclic) bond motifs is 5. The zero-order chi connectivity index (χ0) is 94.5. The molecular formula is C98H141N13O21. The zero-order valence-corrected chi connectivity index (χ0v) is 78.8. The number of esters is 1. The van der Waals surface area contributed by atoms with E-state index in [2.05, 4.69) is 30.6 Å². The summed E-state index contributed by atoms with van der Waals surface area (Å²) >= 11 is 0. The number of unbranched alkanes of at least 4 members (excludes halogenated alkanes) is 2. The summed E-state index contributed by atoms with van der Waals surface area (Å²) in [4.78, 5) is 117. The van der Waals surface area contributed by atoms with E-state index in [1.54, 1.807) is 34.1 Å². The van der Waals surface area contributed by atoms with Crippen molar-refractivity contribution in [3.63, 3.8) is 0 Å². The van der Waals surface area contributed by atoms with Crippen molar-refractivity contribution < 1.29 is 100 Å². The molecule has 1 saturated carbocycles. The Morgan fingerprint density at radius 3 is 2.20 bits per heavy atom. The summed E-state index contributed by atoms with van der Waals surface area (Å²) in [7, 11) is 4.68. The number of Topliss-reactive ketones (excluding diaryl/α,β-unsaturated/α-hetero) is 4. The molecule has 2 saturated heterocycles. The maximum atomic E-state index is 15.3. The number of carbonyl (C=O) groups is 7. The summed E-state index contributed by atoms with van der Waals surface area (Å²) in [5, 5.41) is 46.6. The van der Waals surface area contributed by atoms with E-state index in [-0.39, 0.29) is 91.6 Å². The predicted octanol–water partition coefficient (Wildman–Crippen LogP) is 12.2. The first kappa shape index (κ1) is 104. The Kier molecular flexibility index (Phi) is 42.7. The van der Waals surface area contributed by atoms with Crippen LogP contribution in [0.25, 0.3) is 33.4 Å². The summed E-state index contributed by atoms with van der Waals surface area (Å²) < 4.78 is 68.3. The molecule has 34 nitrogen and oxygen atoms in total. The van der Waals surface area contributed by atoms with Crippen LogP contribution in [0.2, 0.25) is 0 Å². The SMILES string of the molecule is CO[C@H]1C[C@@H]2CC[C@@H](C)[C@@](O)(O2)C(=O)C(=O)N2CCCC[C@H]2C(=O)O[C@H]([C@H](C)C[C@@H]2CC[C@H](n3cc(CCCC(=O)NCCOCCOCCOCCC(=O)CCCOCCOCCC(=O)CCCCCn4nc(-c5ccc6oc(N)nc6c5)c5c(N)ncnc54)nn3)[C@H](OC)C2)C/C(=N/OCc2ccccc2)[C@H](C)/C=C(\C)[C@@H](O)[C@@H](OC)C(=O)[C@H](C)C[C@H](C)/C=C/C=C/C=C/1C. The lowest BCUT2D eigenvalue weighted by Crippen LogP contribution is -2.61. The number of anilines is 2. The van der Waals surface area contributed by atoms with Crippen LogP contribution in [0.15, 0.2) is 118 Å². The molecule has 0 unspecified atom stereocenters. The summed E-state index contributed by atoms with van der Waals surface area (Å²) in [5.74, 6) is -7.24. The molecule has 7 N–H and O–H groups in total. The van der Waals surface area contributed by atoms with E-state index in [0.29, 0.717) is 227 Å². The van der Waals surface area contributed by atoms with Gasteiger partial charge in [0.05, 0.1) is 101 Å². The molecule has 1 aliphatic carbocycles. The van der Waals surface area contributed by atoms with Gasteiger partial charge in [0.2, 0.25) is 11.7 Å². The number of hydrogen-bond acceptors (Lipinski definition) is 30. The van der Waals surface area contributed by atoms with Gasteiger partial charge in [0, 0.05) is 122 Å². The Balaban J connectivity index is 0.617. The normalized spacial score (nSPS) is 26.2. The van der Waals surface area contributed by atoms with E-state index in [9.17, 15) is 39.0 Å². The zero-order valence-electron chi connectivity index (χ0n) is 78.8. The van der Waals surface area contributed by atoms with Crippen LogP contribution in [0.5, 0.6) is 0 Å². The molecule has 2 aromatic carbocycles. The molecule has 2 bridgehead atoms. The molecule has 0 spiro atoms. The van der Waals surface area contributed by atoms with Crippen molar-refractivity contribution in [3.05, 3.63) is 120 Å². The first-order valence-corrected chi connectivity index (χ1v) is 47.2. The molecule has 4 aromatic heterocycles. The van der Waals surface area contributed by atoms with Crippen LogP contribution in [-0.2, 0) is 105 Å². The molecule has 6 aromatic rings. The number of oxime groups is 1. The molecule has 132 heavy (non-hydrogen) atoms. The van der Waals surface area contributed by atoms with E-state index in [1.165, 1.54) is 18.3 Å². The minimum absolute atomic E-state index is 0.0132. The van der Waals surface area contributed by atoms with Crippen molar-refractivity contribution in [2.75, 3.05) is 112 Å². The molecule has 724 valence electrons. The first-order valence-electron chi connectivity index (χ1n) is 47.2. The molecule has 7 heterocycles. The van der Waals surface area contributed by atoms with E-state index >= 15 is 4.79 Å². The minimum Gasteiger partial charge on any atom is -0.460 e. The highest BCUT2D eigenvalue weighted by atomic mass is 16.6. The van der Waals surface area contributed by atoms with Crippen molar-refractivity contribution in [2.24, 2.45) is 40.7 Å². The van der Waals surface area contributed by atoms with E-state index < -0.39 is 77.8 Å². The number of allylic oxidation sites excluding steroid dienone is 6. The molecule has 4 aliphatic rings. The Hall–Kier alpha value is -9.72. The van der Waals surface area contributed by atoms with Crippen LogP contribution < -0.4 is 16.8 Å². The second-order valence-electron chi connectivity index (χ2n) is 35.7. The van der Waals surface area contributed by atoms with Crippen molar-refractivity contribution >= 4 is 80.6 Å². The summed E-state index contributed by atoms with van der Waals surface area (Å²) in [6.07, 6.45) is 21.5. The van der Waals surface area contributed by atoms with Gasteiger partial charge in [0.15, 0.2) is 17.0 Å². The number of oxazole rings is 1. The molecule has 10 rings (SSSR count). The first-order chi connectivity index (χ1) is 63.7. The number of nitrogens with two attached hydrogens (primary N) is 2. The third-order valence-electron chi connectivity index (χ3n) is 25.5. The molecule has 34 heteroatoms. The number of piperidine rings is 1. The molecule has 3 aliphatic heterocycles. The number of amides is 2. The lowest BCUT2D eigenvalue weighted by molar-refractivity contribution is -0.265. The van der Waals surface area contributed by atoms with Crippen LogP contribution in [0.3, 0.4) is 0 Å². The van der Waals surface area contributed by atoms with Crippen molar-refractivity contribution in [3.8, 4) is 11.3 Å². The second-order valence-corrected chi connectivity index (χ2v) is 35.7. The highest BCUT2D eigenvalue weighted by molar-refractivity contribution is 6.39. The number of nitrogen functional groups attached to an aromatic ring is 2. The Morgan fingerprint density at radius 2 is 1.47 bits per heavy atom. The van der Waals surface area contributed by atoms with Crippen LogP contribution in [-0.4, -0.2) is 250 Å². The average Bonchev–Trinajstić information content (AvgIpc) is 1.47. The second kappa shape index (κ2) is 54.0. The molecular weight excluding hydrogens is 1700 g/mol. The lowest BCUT2D eigenvalue weighted by Gasteiger charge is -2.42. The molecule has 3 fully saturated rings. The van der Waals surface area contributed by atoms with Crippen LogP contribution in [0.1, 0.15) is 207 Å². The van der Waals surface area contributed by atoms with Gasteiger partial charge in [0.1, 0.15) is 65.9 Å². The Bertz CT molecular complexity index is 4820. The van der Waals surface area contributed by atoms with Gasteiger partial charge in [-0.15, -0.1) is 5.10 Å². The smallest absolute Gasteiger partial charge is 0.329 e. The number of benzene rings is 2. The third-order valence-corrected chi connectivity index (χ3v) is 25.5. The number of rotatable bonds is 43. The molecule has 0 radical (unpaired) electrons. The number of aromatic nitrogens is 8. The third kappa shape index (κ3) is 31.4. The van der Waals surface area contributed by atoms with Crippen molar-refractivity contribution in [2.45, 2.75) is 264 Å². The minimum atomic E-state index is -2.48. The van der Waals surface area contributed by atoms with E-state index in [4.69, 9.17) is 78.3 Å². The molecule has 2 amide bonds. The standard InChI is InChI=1S/C98H141N13O21/c1-64-24-14-11-15-25-65(2)83(121-8)59-77-36-33-70(7)98(120,132-77)92(117)95(118)109-42-21-19-31-81(109)96(119)130-84(60-78(107-129-62-71-26-16-12-17-27-71)66(3)55-69(6)90(116)91(123-10)89(115)68(5)54-64)67(4)56-72-34-37-80(85(57-72)122-9)111-61-74(105-108-111)28-22-32-86(114)101-41-47-127-51-53-128-52-50-126-46-40-76(113)30-23-44-124-48-49-125-45-39-75(112)29-18-13-20-43-110-94-87(93(99)102-63-103-94)88(106-110)73-35-38-82-79(58-73)104-97(100)131-82/h11-12,14-17,24-27,35,38,55,58,61,63-64,66-68,70,72,77,80-81,83-85,90-91,116,120H,13,18-23,28-34,36-37,39-54,56-57,59-60,62H2,1-10H3,(H2,100,104)(H,101,114)(H2,99,102,103)/b15-11+,24-14+,65-25+,69-55+,107-78-/t64-,66-,67-,68-,70-,72+,77+,80+,81+,83+,84+,85-,90-,91+,98-/m1/s1. The Labute approximate surface area is 774 Å². The van der Waals surface area contributed by atoms with Crippen LogP contribution in [0.4, 0.5) is 11.8 Å². The highest BCUT2D eigenvalue weighted by Gasteiger charge is 2.53. The van der Waals surface area contributed by atoms with Gasteiger partial charge in [0.25, 0.3) is 17.7 Å². The number of nitrogens with one attached hydrogen (secondary N) is 1. The van der Waals surface area contributed by atoms with Gasteiger partial charge >= 0.3 is 5.97 Å². The number of cyclic esters (lactones) is 1. The summed E-state index contributed by atoms with van der Waals surface area (Å²) in [5.41, 5.74) is 18.7. The molecule has 15 atom stereocenters. The topological polar surface area (TPSA) is 441 Å².